The summed E-state index contributed by atoms with van der Waals surface area (Å²) in [6, 6.07) is 10.5. The summed E-state index contributed by atoms with van der Waals surface area (Å²) in [7, 11) is 1.90. The third kappa shape index (κ3) is 3.61. The summed E-state index contributed by atoms with van der Waals surface area (Å²) in [4.78, 5) is 1.93. The zero-order chi connectivity index (χ0) is 15.6. The fourth-order valence-corrected chi connectivity index (χ4v) is 2.87. The van der Waals surface area contributed by atoms with E-state index < -0.39 is 6.10 Å². The van der Waals surface area contributed by atoms with Gasteiger partial charge in [0.1, 0.15) is 5.82 Å². The van der Waals surface area contributed by atoms with E-state index >= 15 is 0 Å². The highest BCUT2D eigenvalue weighted by Gasteiger charge is 2.16. The van der Waals surface area contributed by atoms with Crippen LogP contribution in [-0.2, 0) is 0 Å². The molecule has 0 radical (unpaired) electrons. The number of likely N-dealkylation sites (N-methyl/N-ethyl adjacent to an activating group) is 1. The number of anilines is 1. The van der Waals surface area contributed by atoms with Gasteiger partial charge < -0.3 is 10.0 Å². The molecule has 2 rings (SSSR count). The predicted octanol–water partition coefficient (Wildman–Crippen LogP) is 3.92. The average molecular weight is 287 g/mol. The number of aliphatic hydroxyl groups excluding tert-OH is 1. The molecule has 0 saturated heterocycles. The van der Waals surface area contributed by atoms with Gasteiger partial charge in [0.05, 0.1) is 6.10 Å². The van der Waals surface area contributed by atoms with E-state index in [0.717, 1.165) is 22.4 Å². The maximum Gasteiger partial charge on any atom is 0.123 e. The monoisotopic (exact) mass is 287 g/mol. The number of aliphatic hydroxyl groups is 1. The van der Waals surface area contributed by atoms with Crippen molar-refractivity contribution in [2.75, 3.05) is 18.5 Å². The fourth-order valence-electron chi connectivity index (χ4n) is 2.87. The minimum Gasteiger partial charge on any atom is -0.387 e. The van der Waals surface area contributed by atoms with Gasteiger partial charge in [0.25, 0.3) is 0 Å². The van der Waals surface area contributed by atoms with Crippen molar-refractivity contribution in [3.05, 3.63) is 64.5 Å². The molecule has 0 heterocycles. The molecular formula is C18H22FNO. The summed E-state index contributed by atoms with van der Waals surface area (Å²) in [5, 5.41) is 10.5. The molecule has 1 atom stereocenters. The van der Waals surface area contributed by atoms with E-state index in [1.54, 1.807) is 12.1 Å². The molecule has 112 valence electrons. The lowest BCUT2D eigenvalue weighted by Crippen LogP contribution is -2.25. The van der Waals surface area contributed by atoms with Gasteiger partial charge in [-0.1, -0.05) is 17.7 Å². The summed E-state index contributed by atoms with van der Waals surface area (Å²) < 4.78 is 13.0. The first-order valence-corrected chi connectivity index (χ1v) is 7.11. The molecule has 0 bridgehead atoms. The van der Waals surface area contributed by atoms with E-state index in [9.17, 15) is 9.50 Å². The first-order valence-electron chi connectivity index (χ1n) is 7.11. The number of hydrogen-bond acceptors (Lipinski definition) is 2. The van der Waals surface area contributed by atoms with Crippen molar-refractivity contribution in [3.63, 3.8) is 0 Å². The van der Waals surface area contributed by atoms with Gasteiger partial charge in [-0.3, -0.25) is 0 Å². The maximum atomic E-state index is 13.0. The predicted molar refractivity (Wildman–Crippen MR) is 85.3 cm³/mol. The van der Waals surface area contributed by atoms with E-state index in [4.69, 9.17) is 0 Å². The van der Waals surface area contributed by atoms with Gasteiger partial charge in [0.15, 0.2) is 0 Å². The van der Waals surface area contributed by atoms with Gasteiger partial charge in [-0.05, 0) is 61.7 Å². The molecule has 0 aliphatic heterocycles. The summed E-state index contributed by atoms with van der Waals surface area (Å²) in [6.45, 7) is 6.57. The Bertz CT molecular complexity index is 599. The molecule has 0 spiro atoms. The highest BCUT2D eigenvalue weighted by molar-refractivity contribution is 5.46. The van der Waals surface area contributed by atoms with Crippen molar-refractivity contribution in [3.8, 4) is 0 Å². The fraction of sp³-hybridized carbons (Fsp3) is 0.333. The highest BCUT2D eigenvalue weighted by atomic mass is 19.1. The Morgan fingerprint density at radius 3 is 2.10 bits per heavy atom. The van der Waals surface area contributed by atoms with Crippen LogP contribution in [0.3, 0.4) is 0 Å². The molecule has 0 amide bonds. The minimum atomic E-state index is -0.569. The second-order valence-corrected chi connectivity index (χ2v) is 5.69. The molecule has 0 aliphatic carbocycles. The second kappa shape index (κ2) is 6.27. The first-order chi connectivity index (χ1) is 9.88. The summed E-state index contributed by atoms with van der Waals surface area (Å²) in [6.07, 6.45) is -0.569. The number of benzene rings is 2. The largest absolute Gasteiger partial charge is 0.387 e. The molecule has 3 heteroatoms. The zero-order valence-electron chi connectivity index (χ0n) is 13.0. The summed E-state index contributed by atoms with van der Waals surface area (Å²) >= 11 is 0. The van der Waals surface area contributed by atoms with Crippen LogP contribution in [0, 0.1) is 26.6 Å². The number of aryl methyl sites for hydroxylation is 3. The zero-order valence-corrected chi connectivity index (χ0v) is 13.0. The van der Waals surface area contributed by atoms with Crippen molar-refractivity contribution in [2.45, 2.75) is 26.9 Å². The number of halogens is 1. The van der Waals surface area contributed by atoms with Crippen LogP contribution < -0.4 is 4.90 Å². The van der Waals surface area contributed by atoms with Crippen LogP contribution >= 0.6 is 0 Å². The van der Waals surface area contributed by atoms with Crippen LogP contribution in [0.15, 0.2) is 36.4 Å². The molecule has 2 nitrogen and oxygen atoms in total. The van der Waals surface area contributed by atoms with Gasteiger partial charge in [0, 0.05) is 19.3 Å². The van der Waals surface area contributed by atoms with Crippen molar-refractivity contribution >= 4 is 5.69 Å². The Kier molecular flexibility index (Phi) is 4.63. The van der Waals surface area contributed by atoms with E-state index in [1.165, 1.54) is 17.7 Å². The van der Waals surface area contributed by atoms with Crippen LogP contribution in [-0.4, -0.2) is 18.7 Å². The Hall–Kier alpha value is -1.87. The average Bonchev–Trinajstić information content (AvgIpc) is 2.37. The highest BCUT2D eigenvalue weighted by Crippen LogP contribution is 2.25. The molecular weight excluding hydrogens is 265 g/mol. The summed E-state index contributed by atoms with van der Waals surface area (Å²) in [5.41, 5.74) is 5.28. The van der Waals surface area contributed by atoms with Crippen LogP contribution in [0.1, 0.15) is 28.4 Å². The van der Waals surface area contributed by atoms with E-state index in [2.05, 4.69) is 19.1 Å². The van der Waals surface area contributed by atoms with Gasteiger partial charge in [-0.15, -0.1) is 0 Å². The Balaban J connectivity index is 2.18. The number of rotatable bonds is 4. The standard InChI is InChI=1S/C18H22FNO/c1-12-9-13(2)18(14(3)10-12)17(21)11-20(4)16-7-5-15(19)6-8-16/h5-10,17,21H,11H2,1-4H3. The van der Waals surface area contributed by atoms with Gasteiger partial charge in [0.2, 0.25) is 0 Å². The Morgan fingerprint density at radius 1 is 1.05 bits per heavy atom. The molecule has 0 aromatic heterocycles. The van der Waals surface area contributed by atoms with Crippen LogP contribution in [0.2, 0.25) is 0 Å². The number of hydrogen-bond donors (Lipinski definition) is 1. The second-order valence-electron chi connectivity index (χ2n) is 5.69. The van der Waals surface area contributed by atoms with E-state index in [1.807, 2.05) is 25.8 Å². The molecule has 0 saturated carbocycles. The van der Waals surface area contributed by atoms with Crippen molar-refractivity contribution in [1.82, 2.24) is 0 Å². The Morgan fingerprint density at radius 2 is 1.57 bits per heavy atom. The van der Waals surface area contributed by atoms with Crippen LogP contribution in [0.25, 0.3) is 0 Å². The molecule has 2 aromatic rings. The van der Waals surface area contributed by atoms with Crippen molar-refractivity contribution in [1.29, 1.82) is 0 Å². The SMILES string of the molecule is Cc1cc(C)c(C(O)CN(C)c2ccc(F)cc2)c(C)c1. The van der Waals surface area contributed by atoms with Crippen molar-refractivity contribution in [2.24, 2.45) is 0 Å². The lowest BCUT2D eigenvalue weighted by atomic mass is 9.95. The molecule has 2 aromatic carbocycles. The normalized spacial score (nSPS) is 12.3. The molecule has 0 aliphatic rings. The first kappa shape index (κ1) is 15.5. The topological polar surface area (TPSA) is 23.5 Å². The van der Waals surface area contributed by atoms with Crippen LogP contribution in [0.5, 0.6) is 0 Å². The van der Waals surface area contributed by atoms with Gasteiger partial charge in [-0.2, -0.15) is 0 Å². The molecule has 0 fully saturated rings. The molecule has 1 unspecified atom stereocenters. The lowest BCUT2D eigenvalue weighted by molar-refractivity contribution is 0.183. The van der Waals surface area contributed by atoms with Crippen molar-refractivity contribution < 1.29 is 9.50 Å². The molecule has 21 heavy (non-hydrogen) atoms. The quantitative estimate of drug-likeness (QED) is 0.921. The maximum absolute atomic E-state index is 13.0. The number of nitrogens with zero attached hydrogens (tertiary/aromatic N) is 1. The Labute approximate surface area is 125 Å². The third-order valence-corrected chi connectivity index (χ3v) is 3.79. The van der Waals surface area contributed by atoms with Gasteiger partial charge in [-0.25, -0.2) is 4.39 Å². The van der Waals surface area contributed by atoms with E-state index in [-0.39, 0.29) is 5.82 Å². The summed E-state index contributed by atoms with van der Waals surface area (Å²) in [5.74, 6) is -0.252. The smallest absolute Gasteiger partial charge is 0.123 e. The van der Waals surface area contributed by atoms with E-state index in [0.29, 0.717) is 6.54 Å². The van der Waals surface area contributed by atoms with Crippen LogP contribution in [0.4, 0.5) is 10.1 Å². The van der Waals surface area contributed by atoms with Gasteiger partial charge >= 0.3 is 0 Å². The lowest BCUT2D eigenvalue weighted by Gasteiger charge is -2.25. The minimum absolute atomic E-state index is 0.252. The third-order valence-electron chi connectivity index (χ3n) is 3.79. The molecule has 1 N–H and O–H groups in total.